The maximum Gasteiger partial charge on any atom is 0.253 e. The third-order valence-corrected chi connectivity index (χ3v) is 4.05. The third kappa shape index (κ3) is 3.63. The van der Waals surface area contributed by atoms with E-state index in [-0.39, 0.29) is 24.6 Å². The highest BCUT2D eigenvalue weighted by Crippen LogP contribution is 2.33. The Hall–Kier alpha value is -1.39. The quantitative estimate of drug-likeness (QED) is 0.874. The van der Waals surface area contributed by atoms with Crippen molar-refractivity contribution in [3.05, 3.63) is 29.3 Å². The summed E-state index contributed by atoms with van der Waals surface area (Å²) in [5.74, 6) is 0.0270. The molecule has 2 atom stereocenters. The summed E-state index contributed by atoms with van der Waals surface area (Å²) in [6.07, 6.45) is 3.97. The molecule has 2 rings (SSSR count). The van der Waals surface area contributed by atoms with Crippen molar-refractivity contribution in [2.75, 3.05) is 18.6 Å². The van der Waals surface area contributed by atoms with Gasteiger partial charge in [0.05, 0.1) is 0 Å². The molecule has 0 spiro atoms. The second-order valence-corrected chi connectivity index (χ2v) is 5.97. The van der Waals surface area contributed by atoms with Gasteiger partial charge in [0.15, 0.2) is 0 Å². The van der Waals surface area contributed by atoms with Crippen LogP contribution < -0.4 is 10.6 Å². The fourth-order valence-corrected chi connectivity index (χ4v) is 3.16. The number of rotatable bonds is 6. The monoisotopic (exact) mass is 290 g/mol. The summed E-state index contributed by atoms with van der Waals surface area (Å²) in [7, 11) is 1.55. The van der Waals surface area contributed by atoms with Crippen LogP contribution in [0.15, 0.2) is 18.2 Å². The van der Waals surface area contributed by atoms with Gasteiger partial charge < -0.3 is 15.4 Å². The van der Waals surface area contributed by atoms with Gasteiger partial charge in [-0.1, -0.05) is 25.5 Å². The van der Waals surface area contributed by atoms with Crippen LogP contribution >= 0.6 is 0 Å². The minimum Gasteiger partial charge on any atom is -0.375 e. The first-order valence-corrected chi connectivity index (χ1v) is 7.75. The molecule has 21 heavy (non-hydrogen) atoms. The van der Waals surface area contributed by atoms with Crippen molar-refractivity contribution in [2.45, 2.75) is 51.6 Å². The van der Waals surface area contributed by atoms with Gasteiger partial charge in [0.1, 0.15) is 6.61 Å². The van der Waals surface area contributed by atoms with Gasteiger partial charge in [-0.2, -0.15) is 0 Å². The first kappa shape index (κ1) is 16.0. The fourth-order valence-electron chi connectivity index (χ4n) is 3.16. The molecule has 0 fully saturated rings. The number of amides is 1. The first-order chi connectivity index (χ1) is 10.1. The minimum absolute atomic E-state index is 0.0270. The normalized spacial score (nSPS) is 18.7. The number of hydrogen-bond donors (Lipinski definition) is 1. The van der Waals surface area contributed by atoms with Crippen molar-refractivity contribution >= 4 is 11.6 Å². The van der Waals surface area contributed by atoms with Crippen LogP contribution in [0.2, 0.25) is 0 Å². The zero-order valence-corrected chi connectivity index (χ0v) is 13.3. The molecule has 1 aromatic rings. The summed E-state index contributed by atoms with van der Waals surface area (Å²) in [6, 6.07) is 6.78. The van der Waals surface area contributed by atoms with E-state index < -0.39 is 0 Å². The van der Waals surface area contributed by atoms with Crippen molar-refractivity contribution in [3.63, 3.8) is 0 Å². The van der Waals surface area contributed by atoms with Crippen molar-refractivity contribution in [1.29, 1.82) is 0 Å². The molecule has 0 radical (unpaired) electrons. The van der Waals surface area contributed by atoms with Crippen molar-refractivity contribution in [1.82, 2.24) is 0 Å². The highest BCUT2D eigenvalue weighted by atomic mass is 16.5. The summed E-state index contributed by atoms with van der Waals surface area (Å²) < 4.78 is 4.97. The van der Waals surface area contributed by atoms with Gasteiger partial charge in [-0.3, -0.25) is 4.79 Å². The van der Waals surface area contributed by atoms with E-state index in [0.717, 1.165) is 31.4 Å². The van der Waals surface area contributed by atoms with Gasteiger partial charge in [-0.15, -0.1) is 0 Å². The average molecular weight is 290 g/mol. The number of ether oxygens (including phenoxy) is 1. The molecule has 0 aromatic heterocycles. The number of anilines is 1. The molecule has 1 aliphatic rings. The number of carbonyl (C=O) groups is 1. The summed E-state index contributed by atoms with van der Waals surface area (Å²) >= 11 is 0. The average Bonchev–Trinajstić information content (AvgIpc) is 2.74. The van der Waals surface area contributed by atoms with Gasteiger partial charge in [0, 0.05) is 24.9 Å². The fraction of sp³-hybridized carbons (Fsp3) is 0.588. The molecule has 0 saturated heterocycles. The zero-order valence-electron chi connectivity index (χ0n) is 13.3. The molecule has 4 heteroatoms. The maximum atomic E-state index is 12.1. The predicted molar refractivity (Wildman–Crippen MR) is 85.6 cm³/mol. The summed E-state index contributed by atoms with van der Waals surface area (Å²) in [6.45, 7) is 4.37. The zero-order chi connectivity index (χ0) is 15.4. The van der Waals surface area contributed by atoms with Crippen LogP contribution in [0.25, 0.3) is 0 Å². The van der Waals surface area contributed by atoms with Crippen molar-refractivity contribution in [3.8, 4) is 0 Å². The van der Waals surface area contributed by atoms with E-state index in [1.54, 1.807) is 7.11 Å². The van der Waals surface area contributed by atoms with Crippen LogP contribution in [-0.4, -0.2) is 31.7 Å². The number of hydrogen-bond acceptors (Lipinski definition) is 3. The molecule has 1 heterocycles. The molecule has 0 bridgehead atoms. The SMILES string of the molecule is CCCC(N)Cc1ccc2c(c1)CC(C)N2C(=O)COC. The van der Waals surface area contributed by atoms with Crippen LogP contribution in [0.5, 0.6) is 0 Å². The van der Waals surface area contributed by atoms with Gasteiger partial charge in [-0.25, -0.2) is 0 Å². The molecule has 1 aromatic carbocycles. The summed E-state index contributed by atoms with van der Waals surface area (Å²) in [5.41, 5.74) is 9.66. The second-order valence-electron chi connectivity index (χ2n) is 5.97. The number of fused-ring (bicyclic) bond motifs is 1. The first-order valence-electron chi connectivity index (χ1n) is 7.75. The van der Waals surface area contributed by atoms with E-state index in [9.17, 15) is 4.79 Å². The molecule has 2 N–H and O–H groups in total. The van der Waals surface area contributed by atoms with E-state index in [1.165, 1.54) is 11.1 Å². The smallest absolute Gasteiger partial charge is 0.253 e. The van der Waals surface area contributed by atoms with Crippen LogP contribution in [-0.2, 0) is 22.4 Å². The maximum absolute atomic E-state index is 12.1. The number of methoxy groups -OCH3 is 1. The third-order valence-electron chi connectivity index (χ3n) is 4.05. The molecule has 0 saturated carbocycles. The Kier molecular flexibility index (Phi) is 5.37. The molecular weight excluding hydrogens is 264 g/mol. The lowest BCUT2D eigenvalue weighted by Crippen LogP contribution is -2.38. The van der Waals surface area contributed by atoms with Gasteiger partial charge in [0.2, 0.25) is 0 Å². The van der Waals surface area contributed by atoms with Gasteiger partial charge >= 0.3 is 0 Å². The van der Waals surface area contributed by atoms with Crippen molar-refractivity contribution < 1.29 is 9.53 Å². The Morgan fingerprint density at radius 2 is 2.29 bits per heavy atom. The lowest BCUT2D eigenvalue weighted by atomic mass is 10.00. The van der Waals surface area contributed by atoms with E-state index in [2.05, 4.69) is 32.0 Å². The molecular formula is C17H26N2O2. The van der Waals surface area contributed by atoms with E-state index in [1.807, 2.05) is 4.90 Å². The largest absolute Gasteiger partial charge is 0.375 e. The molecule has 116 valence electrons. The number of nitrogens with zero attached hydrogens (tertiary/aromatic N) is 1. The molecule has 0 aliphatic carbocycles. The minimum atomic E-state index is 0.0270. The van der Waals surface area contributed by atoms with E-state index >= 15 is 0 Å². The standard InChI is InChI=1S/C17H26N2O2/c1-4-5-15(18)10-13-6-7-16-14(9-13)8-12(2)19(16)17(20)11-21-3/h6-7,9,12,15H,4-5,8,10-11,18H2,1-3H3. The second kappa shape index (κ2) is 7.05. The predicted octanol–water partition coefficient (Wildman–Crippen LogP) is 2.28. The Balaban J connectivity index is 2.15. The number of benzene rings is 1. The molecule has 2 unspecified atom stereocenters. The number of carbonyl (C=O) groups excluding carboxylic acids is 1. The Labute approximate surface area is 127 Å². The van der Waals surface area contributed by atoms with Gasteiger partial charge in [0.25, 0.3) is 5.91 Å². The summed E-state index contributed by atoms with van der Waals surface area (Å²) in [5, 5.41) is 0. The lowest BCUT2D eigenvalue weighted by molar-refractivity contribution is -0.122. The molecule has 1 amide bonds. The van der Waals surface area contributed by atoms with Crippen LogP contribution in [0, 0.1) is 0 Å². The van der Waals surface area contributed by atoms with Crippen molar-refractivity contribution in [2.24, 2.45) is 5.73 Å². The Morgan fingerprint density at radius 1 is 1.52 bits per heavy atom. The van der Waals surface area contributed by atoms with E-state index in [4.69, 9.17) is 10.5 Å². The highest BCUT2D eigenvalue weighted by Gasteiger charge is 2.30. The topological polar surface area (TPSA) is 55.6 Å². The van der Waals surface area contributed by atoms with E-state index in [0.29, 0.717) is 0 Å². The van der Waals surface area contributed by atoms with Crippen LogP contribution in [0.1, 0.15) is 37.8 Å². The number of nitrogens with two attached hydrogens (primary N) is 1. The Bertz CT molecular complexity index is 502. The van der Waals surface area contributed by atoms with Gasteiger partial charge in [-0.05, 0) is 43.4 Å². The molecule has 4 nitrogen and oxygen atoms in total. The summed E-state index contributed by atoms with van der Waals surface area (Å²) in [4.78, 5) is 14.0. The van der Waals surface area contributed by atoms with Crippen LogP contribution in [0.3, 0.4) is 0 Å². The lowest BCUT2D eigenvalue weighted by Gasteiger charge is -2.22. The highest BCUT2D eigenvalue weighted by molar-refractivity contribution is 5.97. The van der Waals surface area contributed by atoms with Crippen LogP contribution in [0.4, 0.5) is 5.69 Å². The Morgan fingerprint density at radius 3 is 2.95 bits per heavy atom. The molecule has 1 aliphatic heterocycles.